The minimum atomic E-state index is -4.58. The van der Waals surface area contributed by atoms with Gasteiger partial charge >= 0.3 is 12.1 Å². The first-order chi connectivity index (χ1) is 7.29. The third-order valence-corrected chi connectivity index (χ3v) is 1.69. The molecule has 0 heterocycles. The van der Waals surface area contributed by atoms with Crippen molar-refractivity contribution in [1.29, 1.82) is 0 Å². The molecule has 0 aliphatic carbocycles. The van der Waals surface area contributed by atoms with E-state index in [1.54, 1.807) is 0 Å². The molecule has 0 unspecified atom stereocenters. The minimum absolute atomic E-state index is 0.0327. The third kappa shape index (κ3) is 3.30. The highest BCUT2D eigenvalue weighted by molar-refractivity contribution is 5.85. The standard InChI is InChI=1S/C10H7F3O3/c11-10(12,13)7-3-6(1-2-9(15)16)4-8(14)5-7/h1-5,14H,(H,15,16). The van der Waals surface area contributed by atoms with E-state index in [1.807, 2.05) is 0 Å². The Balaban J connectivity index is 3.13. The summed E-state index contributed by atoms with van der Waals surface area (Å²) in [5.41, 5.74) is -1.06. The summed E-state index contributed by atoms with van der Waals surface area (Å²) >= 11 is 0. The number of carbonyl (C=O) groups is 1. The zero-order chi connectivity index (χ0) is 12.3. The molecule has 6 heteroatoms. The molecule has 0 radical (unpaired) electrons. The minimum Gasteiger partial charge on any atom is -0.508 e. The van der Waals surface area contributed by atoms with Crippen molar-refractivity contribution in [3.8, 4) is 5.75 Å². The average molecular weight is 232 g/mol. The molecule has 0 atom stereocenters. The van der Waals surface area contributed by atoms with Gasteiger partial charge in [0.05, 0.1) is 5.56 Å². The average Bonchev–Trinajstić information content (AvgIpc) is 2.12. The lowest BCUT2D eigenvalue weighted by molar-refractivity contribution is -0.137. The largest absolute Gasteiger partial charge is 0.508 e. The number of hydrogen-bond donors (Lipinski definition) is 2. The molecule has 1 aromatic rings. The molecule has 3 nitrogen and oxygen atoms in total. The first-order valence-electron chi connectivity index (χ1n) is 4.11. The predicted octanol–water partition coefficient (Wildman–Crippen LogP) is 2.51. The summed E-state index contributed by atoms with van der Waals surface area (Å²) in [5.74, 6) is -1.85. The quantitative estimate of drug-likeness (QED) is 0.770. The number of aliphatic carboxylic acids is 1. The van der Waals surface area contributed by atoms with Crippen molar-refractivity contribution in [2.45, 2.75) is 6.18 Å². The van der Waals surface area contributed by atoms with Crippen LogP contribution in [0.4, 0.5) is 13.2 Å². The summed E-state index contributed by atoms with van der Waals surface area (Å²) in [4.78, 5) is 10.2. The van der Waals surface area contributed by atoms with Gasteiger partial charge in [-0.2, -0.15) is 13.2 Å². The topological polar surface area (TPSA) is 57.5 Å². The Morgan fingerprint density at radius 2 is 1.88 bits per heavy atom. The molecular weight excluding hydrogens is 225 g/mol. The van der Waals surface area contributed by atoms with E-state index in [-0.39, 0.29) is 5.56 Å². The van der Waals surface area contributed by atoms with Gasteiger partial charge in [-0.1, -0.05) is 0 Å². The van der Waals surface area contributed by atoms with Gasteiger partial charge in [-0.25, -0.2) is 4.79 Å². The lowest BCUT2D eigenvalue weighted by Crippen LogP contribution is -2.04. The summed E-state index contributed by atoms with van der Waals surface area (Å²) in [6, 6.07) is 2.35. The van der Waals surface area contributed by atoms with Crippen LogP contribution in [-0.4, -0.2) is 16.2 Å². The van der Waals surface area contributed by atoms with Gasteiger partial charge in [-0.15, -0.1) is 0 Å². The fourth-order valence-corrected chi connectivity index (χ4v) is 1.06. The molecule has 0 amide bonds. The van der Waals surface area contributed by atoms with Crippen LogP contribution in [0.1, 0.15) is 11.1 Å². The molecule has 1 aromatic carbocycles. The second-order valence-corrected chi connectivity index (χ2v) is 2.98. The lowest BCUT2D eigenvalue weighted by atomic mass is 10.1. The van der Waals surface area contributed by atoms with E-state index in [0.717, 1.165) is 18.2 Å². The highest BCUT2D eigenvalue weighted by atomic mass is 19.4. The van der Waals surface area contributed by atoms with Crippen molar-refractivity contribution in [3.05, 3.63) is 35.4 Å². The molecule has 86 valence electrons. The summed E-state index contributed by atoms with van der Waals surface area (Å²) in [6.07, 6.45) is -2.92. The van der Waals surface area contributed by atoms with Crippen molar-refractivity contribution in [3.63, 3.8) is 0 Å². The second-order valence-electron chi connectivity index (χ2n) is 2.98. The number of phenolic OH excluding ortho intramolecular Hbond substituents is 1. The first-order valence-corrected chi connectivity index (χ1v) is 4.11. The van der Waals surface area contributed by atoms with Crippen molar-refractivity contribution < 1.29 is 28.2 Å². The van der Waals surface area contributed by atoms with Gasteiger partial charge in [-0.05, 0) is 29.8 Å². The van der Waals surface area contributed by atoms with Gasteiger partial charge in [0.1, 0.15) is 5.75 Å². The van der Waals surface area contributed by atoms with Crippen LogP contribution in [0.5, 0.6) is 5.75 Å². The maximum absolute atomic E-state index is 12.3. The molecule has 0 saturated heterocycles. The number of carboxylic acid groups (broad SMARTS) is 1. The van der Waals surface area contributed by atoms with Gasteiger partial charge in [0.25, 0.3) is 0 Å². The van der Waals surface area contributed by atoms with Crippen LogP contribution in [0.15, 0.2) is 24.3 Å². The van der Waals surface area contributed by atoms with E-state index in [0.29, 0.717) is 12.1 Å². The summed E-state index contributed by atoms with van der Waals surface area (Å²) in [5, 5.41) is 17.3. The van der Waals surface area contributed by atoms with Crippen LogP contribution in [0.25, 0.3) is 6.08 Å². The fraction of sp³-hybridized carbons (Fsp3) is 0.100. The van der Waals surface area contributed by atoms with E-state index in [1.165, 1.54) is 0 Å². The molecular formula is C10H7F3O3. The highest BCUT2D eigenvalue weighted by Crippen LogP contribution is 2.32. The Morgan fingerprint density at radius 1 is 1.25 bits per heavy atom. The summed E-state index contributed by atoms with van der Waals surface area (Å²) in [6.45, 7) is 0. The van der Waals surface area contributed by atoms with Crippen LogP contribution in [0.3, 0.4) is 0 Å². The van der Waals surface area contributed by atoms with Crippen molar-refractivity contribution in [2.24, 2.45) is 0 Å². The van der Waals surface area contributed by atoms with Crippen molar-refractivity contribution >= 4 is 12.0 Å². The third-order valence-electron chi connectivity index (χ3n) is 1.69. The maximum Gasteiger partial charge on any atom is 0.416 e. The Bertz CT molecular complexity index is 435. The van der Waals surface area contributed by atoms with E-state index >= 15 is 0 Å². The highest BCUT2D eigenvalue weighted by Gasteiger charge is 2.31. The Hall–Kier alpha value is -1.98. The predicted molar refractivity (Wildman–Crippen MR) is 49.8 cm³/mol. The van der Waals surface area contributed by atoms with Crippen LogP contribution >= 0.6 is 0 Å². The number of alkyl halides is 3. The molecule has 0 aliphatic heterocycles. The van der Waals surface area contributed by atoms with E-state index in [2.05, 4.69) is 0 Å². The van der Waals surface area contributed by atoms with Gasteiger partial charge < -0.3 is 10.2 Å². The fourth-order valence-electron chi connectivity index (χ4n) is 1.06. The molecule has 16 heavy (non-hydrogen) atoms. The SMILES string of the molecule is O=C(O)C=Cc1cc(O)cc(C(F)(F)F)c1. The van der Waals surface area contributed by atoms with Gasteiger partial charge in [0, 0.05) is 6.08 Å². The van der Waals surface area contributed by atoms with Gasteiger partial charge in [-0.3, -0.25) is 0 Å². The number of benzene rings is 1. The molecule has 0 bridgehead atoms. The molecule has 0 fully saturated rings. The Labute approximate surface area is 88.4 Å². The summed E-state index contributed by atoms with van der Waals surface area (Å²) in [7, 11) is 0. The first kappa shape index (κ1) is 12.1. The molecule has 0 saturated carbocycles. The molecule has 1 rings (SSSR count). The van der Waals surface area contributed by atoms with E-state index < -0.39 is 23.5 Å². The van der Waals surface area contributed by atoms with Gasteiger partial charge in [0.15, 0.2) is 0 Å². The van der Waals surface area contributed by atoms with Gasteiger partial charge in [0.2, 0.25) is 0 Å². The number of aromatic hydroxyl groups is 1. The van der Waals surface area contributed by atoms with Crippen molar-refractivity contribution in [1.82, 2.24) is 0 Å². The monoisotopic (exact) mass is 232 g/mol. The zero-order valence-corrected chi connectivity index (χ0v) is 7.82. The number of hydrogen-bond acceptors (Lipinski definition) is 2. The number of carboxylic acids is 1. The zero-order valence-electron chi connectivity index (χ0n) is 7.82. The van der Waals surface area contributed by atoms with Crippen LogP contribution in [-0.2, 0) is 11.0 Å². The van der Waals surface area contributed by atoms with Crippen LogP contribution in [0.2, 0.25) is 0 Å². The lowest BCUT2D eigenvalue weighted by Gasteiger charge is -2.07. The number of halogens is 3. The van der Waals surface area contributed by atoms with Crippen LogP contribution < -0.4 is 0 Å². The van der Waals surface area contributed by atoms with E-state index in [9.17, 15) is 18.0 Å². The number of phenols is 1. The number of rotatable bonds is 2. The maximum atomic E-state index is 12.3. The Kier molecular flexibility index (Phi) is 3.22. The summed E-state index contributed by atoms with van der Waals surface area (Å²) < 4.78 is 36.9. The normalized spacial score (nSPS) is 11.9. The molecule has 0 aromatic heterocycles. The second kappa shape index (κ2) is 4.26. The molecule has 2 N–H and O–H groups in total. The van der Waals surface area contributed by atoms with E-state index in [4.69, 9.17) is 10.2 Å². The smallest absolute Gasteiger partial charge is 0.416 e. The Morgan fingerprint density at radius 3 is 2.38 bits per heavy atom. The molecule has 0 spiro atoms. The van der Waals surface area contributed by atoms with Crippen LogP contribution in [0, 0.1) is 0 Å². The van der Waals surface area contributed by atoms with Crippen molar-refractivity contribution in [2.75, 3.05) is 0 Å². The molecule has 0 aliphatic rings.